The fourth-order valence-electron chi connectivity index (χ4n) is 1.21. The maximum absolute atomic E-state index is 11.0. The lowest BCUT2D eigenvalue weighted by atomic mass is 10.1. The van der Waals surface area contributed by atoms with Gasteiger partial charge in [-0.25, -0.2) is 0 Å². The average Bonchev–Trinajstić information content (AvgIpc) is 2.23. The highest BCUT2D eigenvalue weighted by atomic mass is 35.5. The summed E-state index contributed by atoms with van der Waals surface area (Å²) in [4.78, 5) is 21.1. The van der Waals surface area contributed by atoms with E-state index in [0.29, 0.717) is 0 Å². The number of nitrogens with one attached hydrogen (secondary N) is 1. The van der Waals surface area contributed by atoms with E-state index in [1.807, 2.05) is 0 Å². The smallest absolute Gasteiger partial charge is 0.274 e. The Morgan fingerprint density at radius 2 is 2.25 bits per heavy atom. The predicted molar refractivity (Wildman–Crippen MR) is 58.8 cm³/mol. The first-order valence-electron chi connectivity index (χ1n) is 4.30. The highest BCUT2D eigenvalue weighted by molar-refractivity contribution is 6.29. The summed E-state index contributed by atoms with van der Waals surface area (Å²) in [6, 6.07) is 2.32. The van der Waals surface area contributed by atoms with Gasteiger partial charge in [-0.15, -0.1) is 11.6 Å². The predicted octanol–water partition coefficient (Wildman–Crippen LogP) is 1.79. The van der Waals surface area contributed by atoms with Gasteiger partial charge in [0.2, 0.25) is 5.91 Å². The van der Waals surface area contributed by atoms with Gasteiger partial charge in [0.1, 0.15) is 11.6 Å². The van der Waals surface area contributed by atoms with Gasteiger partial charge in [0.05, 0.1) is 16.2 Å². The first kappa shape index (κ1) is 12.3. The van der Waals surface area contributed by atoms with Gasteiger partial charge in [0.15, 0.2) is 0 Å². The van der Waals surface area contributed by atoms with E-state index in [-0.39, 0.29) is 28.6 Å². The van der Waals surface area contributed by atoms with Crippen molar-refractivity contribution in [1.29, 1.82) is 0 Å². The first-order valence-corrected chi connectivity index (χ1v) is 4.83. The second kappa shape index (κ2) is 4.80. The number of nitro groups is 1. The average molecular weight is 245 g/mol. The van der Waals surface area contributed by atoms with Gasteiger partial charge in [-0.05, 0) is 13.0 Å². The topological polar surface area (TPSA) is 92.5 Å². The Labute approximate surface area is 96.0 Å². The highest BCUT2D eigenvalue weighted by Gasteiger charge is 2.18. The fraction of sp³-hybridized carbons (Fsp3) is 0.222. The molecule has 7 heteroatoms. The van der Waals surface area contributed by atoms with Crippen molar-refractivity contribution in [3.05, 3.63) is 27.8 Å². The van der Waals surface area contributed by atoms with Crippen molar-refractivity contribution in [1.82, 2.24) is 0 Å². The summed E-state index contributed by atoms with van der Waals surface area (Å²) in [5.41, 5.74) is 0.0194. The van der Waals surface area contributed by atoms with Crippen molar-refractivity contribution in [2.75, 3.05) is 11.2 Å². The quantitative estimate of drug-likeness (QED) is 0.367. The summed E-state index contributed by atoms with van der Waals surface area (Å²) in [6.07, 6.45) is 0. The van der Waals surface area contributed by atoms with Crippen LogP contribution in [0.5, 0.6) is 5.75 Å². The molecule has 16 heavy (non-hydrogen) atoms. The Morgan fingerprint density at radius 1 is 1.62 bits per heavy atom. The maximum Gasteiger partial charge on any atom is 0.274 e. The molecule has 1 aromatic carbocycles. The Balaban J connectivity index is 3.21. The maximum atomic E-state index is 11.0. The number of halogens is 1. The van der Waals surface area contributed by atoms with E-state index in [1.165, 1.54) is 13.0 Å². The third-order valence-electron chi connectivity index (χ3n) is 2.00. The standard InChI is InChI=1S/C9H9ClN2O4/c1-5-6(12(15)16)2-3-7(13)9(5)11-8(14)4-10/h2-3,13H,4H2,1H3,(H,11,14). The Bertz CT molecular complexity index is 447. The molecule has 0 unspecified atom stereocenters. The number of phenolic OH excluding ortho intramolecular Hbond substituents is 1. The van der Waals surface area contributed by atoms with E-state index < -0.39 is 10.8 Å². The summed E-state index contributed by atoms with van der Waals surface area (Å²) in [5, 5.41) is 22.4. The molecule has 0 radical (unpaired) electrons. The fourth-order valence-corrected chi connectivity index (χ4v) is 1.28. The van der Waals surface area contributed by atoms with Crippen LogP contribution in [0.4, 0.5) is 11.4 Å². The molecule has 86 valence electrons. The van der Waals surface area contributed by atoms with Crippen LogP contribution in [-0.4, -0.2) is 21.8 Å². The lowest BCUT2D eigenvalue weighted by Gasteiger charge is -2.09. The van der Waals surface area contributed by atoms with E-state index in [1.54, 1.807) is 0 Å². The van der Waals surface area contributed by atoms with E-state index >= 15 is 0 Å². The summed E-state index contributed by atoms with van der Waals surface area (Å²) in [6.45, 7) is 1.43. The molecule has 0 atom stereocenters. The summed E-state index contributed by atoms with van der Waals surface area (Å²) < 4.78 is 0. The van der Waals surface area contributed by atoms with E-state index in [2.05, 4.69) is 5.32 Å². The number of carbonyl (C=O) groups excluding carboxylic acids is 1. The van der Waals surface area contributed by atoms with Crippen molar-refractivity contribution < 1.29 is 14.8 Å². The minimum Gasteiger partial charge on any atom is -0.506 e. The minimum absolute atomic E-state index is 0.0138. The van der Waals surface area contributed by atoms with Gasteiger partial charge >= 0.3 is 0 Å². The molecular weight excluding hydrogens is 236 g/mol. The van der Waals surface area contributed by atoms with Gasteiger partial charge in [-0.3, -0.25) is 14.9 Å². The lowest BCUT2D eigenvalue weighted by molar-refractivity contribution is -0.385. The van der Waals surface area contributed by atoms with E-state index in [4.69, 9.17) is 11.6 Å². The molecule has 0 spiro atoms. The zero-order valence-corrected chi connectivity index (χ0v) is 9.11. The van der Waals surface area contributed by atoms with Crippen molar-refractivity contribution in [2.24, 2.45) is 0 Å². The molecule has 6 nitrogen and oxygen atoms in total. The second-order valence-corrected chi connectivity index (χ2v) is 3.31. The van der Waals surface area contributed by atoms with Crippen LogP contribution in [0, 0.1) is 17.0 Å². The Morgan fingerprint density at radius 3 is 2.75 bits per heavy atom. The van der Waals surface area contributed by atoms with E-state index in [0.717, 1.165) is 6.07 Å². The number of nitro benzene ring substituents is 1. The number of rotatable bonds is 3. The van der Waals surface area contributed by atoms with Crippen LogP contribution < -0.4 is 5.32 Å². The van der Waals surface area contributed by atoms with Gasteiger partial charge in [0.25, 0.3) is 5.69 Å². The molecule has 0 fully saturated rings. The monoisotopic (exact) mass is 244 g/mol. The number of anilines is 1. The molecule has 0 aromatic heterocycles. The molecule has 2 N–H and O–H groups in total. The molecule has 0 saturated carbocycles. The normalized spacial score (nSPS) is 9.88. The molecule has 0 aliphatic heterocycles. The summed E-state index contributed by atoms with van der Waals surface area (Å²) >= 11 is 5.28. The molecule has 1 rings (SSSR count). The van der Waals surface area contributed by atoms with Crippen LogP contribution >= 0.6 is 11.6 Å². The van der Waals surface area contributed by atoms with Gasteiger partial charge in [0, 0.05) is 6.07 Å². The third-order valence-corrected chi connectivity index (χ3v) is 2.24. The second-order valence-electron chi connectivity index (χ2n) is 3.04. The number of phenols is 1. The molecule has 1 aromatic rings. The number of alkyl halides is 1. The van der Waals surface area contributed by atoms with Gasteiger partial charge < -0.3 is 10.4 Å². The van der Waals surface area contributed by atoms with Gasteiger partial charge in [-0.2, -0.15) is 0 Å². The van der Waals surface area contributed by atoms with Crippen LogP contribution in [-0.2, 0) is 4.79 Å². The van der Waals surface area contributed by atoms with Crippen molar-refractivity contribution in [3.63, 3.8) is 0 Å². The number of amides is 1. The van der Waals surface area contributed by atoms with E-state index in [9.17, 15) is 20.0 Å². The van der Waals surface area contributed by atoms with Gasteiger partial charge in [-0.1, -0.05) is 0 Å². The molecule has 1 amide bonds. The van der Waals surface area contributed by atoms with Crippen LogP contribution in [0.3, 0.4) is 0 Å². The van der Waals surface area contributed by atoms with Crippen molar-refractivity contribution in [2.45, 2.75) is 6.92 Å². The number of hydrogen-bond acceptors (Lipinski definition) is 4. The Kier molecular flexibility index (Phi) is 3.68. The summed E-state index contributed by atoms with van der Waals surface area (Å²) in [5.74, 6) is -1.07. The minimum atomic E-state index is -0.592. The molecule has 0 saturated heterocycles. The first-order chi connectivity index (χ1) is 7.47. The molecule has 0 bridgehead atoms. The number of benzene rings is 1. The summed E-state index contributed by atoms with van der Waals surface area (Å²) in [7, 11) is 0. The number of aromatic hydroxyl groups is 1. The molecule has 0 aliphatic rings. The van der Waals surface area contributed by atoms with Crippen LogP contribution in [0.25, 0.3) is 0 Å². The SMILES string of the molecule is Cc1c([N+](=O)[O-])ccc(O)c1NC(=O)CCl. The number of hydrogen-bond donors (Lipinski definition) is 2. The highest BCUT2D eigenvalue weighted by Crippen LogP contribution is 2.33. The number of carbonyl (C=O) groups is 1. The van der Waals surface area contributed by atoms with Crippen LogP contribution in [0.1, 0.15) is 5.56 Å². The Hall–Kier alpha value is -1.82. The van der Waals surface area contributed by atoms with Crippen LogP contribution in [0.15, 0.2) is 12.1 Å². The molecule has 0 aliphatic carbocycles. The molecular formula is C9H9ClN2O4. The van der Waals surface area contributed by atoms with Crippen molar-refractivity contribution in [3.8, 4) is 5.75 Å². The molecule has 0 heterocycles. The zero-order valence-electron chi connectivity index (χ0n) is 8.36. The largest absolute Gasteiger partial charge is 0.506 e. The van der Waals surface area contributed by atoms with Crippen molar-refractivity contribution >= 4 is 28.9 Å². The number of nitrogens with zero attached hydrogens (tertiary/aromatic N) is 1. The zero-order chi connectivity index (χ0) is 12.3. The lowest BCUT2D eigenvalue weighted by Crippen LogP contribution is -2.14. The van der Waals surface area contributed by atoms with Crippen LogP contribution in [0.2, 0.25) is 0 Å². The third kappa shape index (κ3) is 2.40.